The lowest BCUT2D eigenvalue weighted by molar-refractivity contribution is -0.0165. The molecule has 0 radical (unpaired) electrons. The molecular formula is C28H37N3O2. The van der Waals surface area contributed by atoms with Gasteiger partial charge in [-0.15, -0.1) is 0 Å². The average molecular weight is 448 g/mol. The third-order valence-electron chi connectivity index (χ3n) is 8.03. The molecule has 1 atom stereocenters. The van der Waals surface area contributed by atoms with Crippen LogP contribution in [0.1, 0.15) is 65.6 Å². The van der Waals surface area contributed by atoms with Crippen LogP contribution in [0.5, 0.6) is 0 Å². The van der Waals surface area contributed by atoms with Gasteiger partial charge in [-0.2, -0.15) is 0 Å². The van der Waals surface area contributed by atoms with Crippen molar-refractivity contribution in [1.82, 2.24) is 9.80 Å². The zero-order chi connectivity index (χ0) is 22.8. The fourth-order valence-corrected chi connectivity index (χ4v) is 5.86. The van der Waals surface area contributed by atoms with Crippen LogP contribution in [0.25, 0.3) is 0 Å². The zero-order valence-electron chi connectivity index (χ0n) is 19.9. The SMILES string of the molecule is CN(c1ccc2c(c1)CCN(CCC(O)N1CCc3ccccc3C1)C2=O)C1CCCCC1. The van der Waals surface area contributed by atoms with E-state index in [-0.39, 0.29) is 5.91 Å². The maximum Gasteiger partial charge on any atom is 0.254 e. The van der Waals surface area contributed by atoms with Crippen LogP contribution >= 0.6 is 0 Å². The van der Waals surface area contributed by atoms with Crippen molar-refractivity contribution in [2.45, 2.75) is 70.2 Å². The van der Waals surface area contributed by atoms with Gasteiger partial charge in [0.05, 0.1) is 0 Å². The van der Waals surface area contributed by atoms with Crippen molar-refractivity contribution in [3.63, 3.8) is 0 Å². The highest BCUT2D eigenvalue weighted by Gasteiger charge is 2.28. The highest BCUT2D eigenvalue weighted by atomic mass is 16.3. The Bertz CT molecular complexity index is 985. The minimum absolute atomic E-state index is 0.110. The zero-order valence-corrected chi connectivity index (χ0v) is 19.9. The first-order valence-electron chi connectivity index (χ1n) is 12.7. The molecule has 2 aromatic carbocycles. The third kappa shape index (κ3) is 4.80. The van der Waals surface area contributed by atoms with E-state index in [0.29, 0.717) is 19.0 Å². The van der Waals surface area contributed by atoms with Crippen LogP contribution in [-0.4, -0.2) is 59.8 Å². The molecule has 3 aliphatic rings. The summed E-state index contributed by atoms with van der Waals surface area (Å²) < 4.78 is 0. The van der Waals surface area contributed by atoms with Crippen LogP contribution in [-0.2, 0) is 19.4 Å². The molecule has 5 nitrogen and oxygen atoms in total. The Morgan fingerprint density at radius 1 is 1.00 bits per heavy atom. The Kier molecular flexibility index (Phi) is 6.70. The number of aliphatic hydroxyl groups is 1. The first-order valence-corrected chi connectivity index (χ1v) is 12.7. The summed E-state index contributed by atoms with van der Waals surface area (Å²) in [6, 6.07) is 15.5. The van der Waals surface area contributed by atoms with Crippen LogP contribution < -0.4 is 4.90 Å². The maximum absolute atomic E-state index is 13.2. The van der Waals surface area contributed by atoms with Gasteiger partial charge in [0.1, 0.15) is 6.23 Å². The molecule has 33 heavy (non-hydrogen) atoms. The molecule has 1 unspecified atom stereocenters. The summed E-state index contributed by atoms with van der Waals surface area (Å²) in [6.45, 7) is 2.98. The molecule has 0 saturated heterocycles. The number of hydrogen-bond acceptors (Lipinski definition) is 4. The van der Waals surface area contributed by atoms with Crippen molar-refractivity contribution < 1.29 is 9.90 Å². The molecule has 1 saturated carbocycles. The molecule has 1 aliphatic carbocycles. The number of rotatable bonds is 6. The standard InChI is InChI=1S/C28H37N3O2/c1-29(24-9-3-2-4-10-24)25-11-12-26-22(19-25)14-16-30(28(26)33)18-15-27(32)31-17-13-21-7-5-6-8-23(21)20-31/h5-8,11-12,19,24,27,32H,2-4,9-10,13-18,20H2,1H3. The molecule has 1 N–H and O–H groups in total. The van der Waals surface area contributed by atoms with Gasteiger partial charge in [-0.1, -0.05) is 43.5 Å². The Labute approximate surface area is 198 Å². The minimum atomic E-state index is -0.515. The van der Waals surface area contributed by atoms with Crippen molar-refractivity contribution in [2.24, 2.45) is 0 Å². The minimum Gasteiger partial charge on any atom is -0.378 e. The van der Waals surface area contributed by atoms with Gasteiger partial charge in [-0.05, 0) is 60.6 Å². The molecule has 0 aromatic heterocycles. The highest BCUT2D eigenvalue weighted by Crippen LogP contribution is 2.30. The number of nitrogens with zero attached hydrogens (tertiary/aromatic N) is 3. The van der Waals surface area contributed by atoms with E-state index in [1.54, 1.807) is 0 Å². The van der Waals surface area contributed by atoms with Gasteiger partial charge in [0.2, 0.25) is 0 Å². The summed E-state index contributed by atoms with van der Waals surface area (Å²) in [7, 11) is 2.20. The normalized spacial score (nSPS) is 20.3. The van der Waals surface area contributed by atoms with E-state index >= 15 is 0 Å². The fourth-order valence-electron chi connectivity index (χ4n) is 5.86. The van der Waals surface area contributed by atoms with E-state index < -0.39 is 6.23 Å². The topological polar surface area (TPSA) is 47.0 Å². The third-order valence-corrected chi connectivity index (χ3v) is 8.03. The largest absolute Gasteiger partial charge is 0.378 e. The van der Waals surface area contributed by atoms with Gasteiger partial charge < -0.3 is 14.9 Å². The molecule has 1 amide bonds. The Morgan fingerprint density at radius 2 is 1.76 bits per heavy atom. The van der Waals surface area contributed by atoms with Crippen molar-refractivity contribution in [2.75, 3.05) is 31.6 Å². The second-order valence-corrected chi connectivity index (χ2v) is 10.0. The van der Waals surface area contributed by atoms with Crippen LogP contribution in [0.2, 0.25) is 0 Å². The number of fused-ring (bicyclic) bond motifs is 2. The predicted molar refractivity (Wildman–Crippen MR) is 133 cm³/mol. The van der Waals surface area contributed by atoms with E-state index in [4.69, 9.17) is 0 Å². The molecule has 2 heterocycles. The first-order chi connectivity index (χ1) is 16.1. The molecule has 0 spiro atoms. The lowest BCUT2D eigenvalue weighted by Gasteiger charge is -2.36. The van der Waals surface area contributed by atoms with Gasteiger partial charge >= 0.3 is 0 Å². The highest BCUT2D eigenvalue weighted by molar-refractivity contribution is 5.97. The Hall–Kier alpha value is -2.37. The Morgan fingerprint density at radius 3 is 2.58 bits per heavy atom. The summed E-state index contributed by atoms with van der Waals surface area (Å²) in [6.07, 6.45) is 8.48. The van der Waals surface area contributed by atoms with Crippen LogP contribution in [0.15, 0.2) is 42.5 Å². The van der Waals surface area contributed by atoms with E-state index in [2.05, 4.69) is 53.2 Å². The summed E-state index contributed by atoms with van der Waals surface area (Å²) in [5.41, 5.74) is 5.94. The van der Waals surface area contributed by atoms with Gasteiger partial charge in [0.25, 0.3) is 5.91 Å². The van der Waals surface area contributed by atoms with Crippen LogP contribution in [0, 0.1) is 0 Å². The van der Waals surface area contributed by atoms with Gasteiger partial charge in [0.15, 0.2) is 0 Å². The molecule has 176 valence electrons. The average Bonchev–Trinajstić information content (AvgIpc) is 2.87. The van der Waals surface area contributed by atoms with E-state index in [9.17, 15) is 9.90 Å². The smallest absolute Gasteiger partial charge is 0.254 e. The van der Waals surface area contributed by atoms with Crippen molar-refractivity contribution >= 4 is 11.6 Å². The number of hydrogen-bond donors (Lipinski definition) is 1. The Balaban J connectivity index is 1.18. The molecule has 1 fully saturated rings. The molecule has 5 rings (SSSR count). The fraction of sp³-hybridized carbons (Fsp3) is 0.536. The number of anilines is 1. The molecule has 2 aromatic rings. The van der Waals surface area contributed by atoms with Gasteiger partial charge in [-0.25, -0.2) is 0 Å². The van der Waals surface area contributed by atoms with E-state index in [0.717, 1.165) is 38.0 Å². The van der Waals surface area contributed by atoms with E-state index in [1.807, 2.05) is 11.0 Å². The van der Waals surface area contributed by atoms with E-state index in [1.165, 1.54) is 54.5 Å². The molecule has 0 bridgehead atoms. The second kappa shape index (κ2) is 9.86. The summed E-state index contributed by atoms with van der Waals surface area (Å²) in [5.74, 6) is 0.110. The molecular weight excluding hydrogens is 410 g/mol. The van der Waals surface area contributed by atoms with Gasteiger partial charge in [0, 0.05) is 56.9 Å². The summed E-state index contributed by atoms with van der Waals surface area (Å²) in [5, 5.41) is 10.8. The number of aliphatic hydroxyl groups excluding tert-OH is 1. The van der Waals surface area contributed by atoms with Gasteiger partial charge in [-0.3, -0.25) is 9.69 Å². The number of carbonyl (C=O) groups excluding carboxylic acids is 1. The number of carbonyl (C=O) groups is 1. The first kappa shape index (κ1) is 22.4. The number of benzene rings is 2. The maximum atomic E-state index is 13.2. The van der Waals surface area contributed by atoms with Crippen LogP contribution in [0.4, 0.5) is 5.69 Å². The predicted octanol–water partition coefficient (Wildman–Crippen LogP) is 4.22. The van der Waals surface area contributed by atoms with Crippen molar-refractivity contribution in [3.8, 4) is 0 Å². The summed E-state index contributed by atoms with van der Waals surface area (Å²) in [4.78, 5) is 19.7. The quantitative estimate of drug-likeness (QED) is 0.720. The van der Waals surface area contributed by atoms with Crippen molar-refractivity contribution in [3.05, 3.63) is 64.7 Å². The van der Waals surface area contributed by atoms with Crippen LogP contribution in [0.3, 0.4) is 0 Å². The molecule has 2 aliphatic heterocycles. The van der Waals surface area contributed by atoms with Crippen molar-refractivity contribution in [1.29, 1.82) is 0 Å². The monoisotopic (exact) mass is 447 g/mol. The lowest BCUT2D eigenvalue weighted by atomic mass is 9.93. The molecule has 5 heteroatoms. The second-order valence-electron chi connectivity index (χ2n) is 10.0. The number of amides is 1. The lowest BCUT2D eigenvalue weighted by Crippen LogP contribution is -2.44. The summed E-state index contributed by atoms with van der Waals surface area (Å²) >= 11 is 0.